The van der Waals surface area contributed by atoms with E-state index in [0.717, 1.165) is 15.7 Å². The Kier molecular flexibility index (Phi) is 4.44. The summed E-state index contributed by atoms with van der Waals surface area (Å²) in [5.74, 6) is -0.794. The number of nitrogens with one attached hydrogen (secondary N) is 2. The first-order valence-corrected chi connectivity index (χ1v) is 6.83. The van der Waals surface area contributed by atoms with Crippen molar-refractivity contribution in [2.45, 2.75) is 18.6 Å². The summed E-state index contributed by atoms with van der Waals surface area (Å²) >= 11 is 3.49. The van der Waals surface area contributed by atoms with Crippen molar-refractivity contribution in [2.75, 3.05) is 25.5 Å². The lowest BCUT2D eigenvalue weighted by Gasteiger charge is -2.43. The minimum Gasteiger partial charge on any atom is -0.481 e. The molecule has 0 aliphatic carbocycles. The van der Waals surface area contributed by atoms with Crippen LogP contribution >= 0.6 is 15.9 Å². The Morgan fingerprint density at radius 2 is 2.32 bits per heavy atom. The van der Waals surface area contributed by atoms with Gasteiger partial charge in [-0.2, -0.15) is 0 Å². The molecule has 1 aliphatic rings. The van der Waals surface area contributed by atoms with Crippen LogP contribution in [0.4, 0.5) is 5.69 Å². The van der Waals surface area contributed by atoms with E-state index in [1.54, 1.807) is 7.11 Å². The standard InChI is InChI=1S/C13H17BrN2O3/c1-19-6-9-10(14)3-2-4-11(9)16-13(5-12(17)18)7-15-8-13/h2-4,15-16H,5-8H2,1H3,(H,17,18). The fraction of sp³-hybridized carbons (Fsp3) is 0.462. The maximum Gasteiger partial charge on any atom is 0.305 e. The molecule has 104 valence electrons. The van der Waals surface area contributed by atoms with Gasteiger partial charge in [0.1, 0.15) is 0 Å². The first-order valence-electron chi connectivity index (χ1n) is 6.03. The number of carbonyl (C=O) groups is 1. The molecule has 2 rings (SSSR count). The minimum absolute atomic E-state index is 0.0962. The third-order valence-electron chi connectivity index (χ3n) is 3.22. The van der Waals surface area contributed by atoms with Crippen LogP contribution < -0.4 is 10.6 Å². The van der Waals surface area contributed by atoms with Gasteiger partial charge >= 0.3 is 5.97 Å². The van der Waals surface area contributed by atoms with Crippen molar-refractivity contribution in [2.24, 2.45) is 0 Å². The van der Waals surface area contributed by atoms with Crippen LogP contribution in [0.1, 0.15) is 12.0 Å². The van der Waals surface area contributed by atoms with Gasteiger partial charge in [-0.05, 0) is 12.1 Å². The number of halogens is 1. The van der Waals surface area contributed by atoms with Crippen LogP contribution in [0.2, 0.25) is 0 Å². The maximum atomic E-state index is 11.0. The second-order valence-electron chi connectivity index (χ2n) is 4.78. The second-order valence-corrected chi connectivity index (χ2v) is 5.63. The van der Waals surface area contributed by atoms with E-state index in [9.17, 15) is 4.79 Å². The van der Waals surface area contributed by atoms with Crippen LogP contribution in [0.5, 0.6) is 0 Å². The van der Waals surface area contributed by atoms with Crippen molar-refractivity contribution in [3.8, 4) is 0 Å². The van der Waals surface area contributed by atoms with Crippen molar-refractivity contribution >= 4 is 27.6 Å². The van der Waals surface area contributed by atoms with E-state index in [0.29, 0.717) is 19.7 Å². The highest BCUT2D eigenvalue weighted by molar-refractivity contribution is 9.10. The summed E-state index contributed by atoms with van der Waals surface area (Å²) in [5, 5.41) is 15.5. The second kappa shape index (κ2) is 5.90. The maximum absolute atomic E-state index is 11.0. The molecular formula is C13H17BrN2O3. The van der Waals surface area contributed by atoms with E-state index in [1.165, 1.54) is 0 Å². The zero-order valence-corrected chi connectivity index (χ0v) is 12.3. The van der Waals surface area contributed by atoms with Crippen LogP contribution in [0, 0.1) is 0 Å². The summed E-state index contributed by atoms with van der Waals surface area (Å²) in [6, 6.07) is 5.82. The third kappa shape index (κ3) is 3.26. The number of ether oxygens (including phenoxy) is 1. The van der Waals surface area contributed by atoms with Crippen LogP contribution in [-0.4, -0.2) is 36.8 Å². The van der Waals surface area contributed by atoms with Crippen molar-refractivity contribution in [3.63, 3.8) is 0 Å². The topological polar surface area (TPSA) is 70.6 Å². The van der Waals surface area contributed by atoms with Gasteiger partial charge in [0, 0.05) is 35.9 Å². The molecule has 0 bridgehead atoms. The summed E-state index contributed by atoms with van der Waals surface area (Å²) in [6.07, 6.45) is 0.0962. The number of methoxy groups -OCH3 is 1. The molecule has 0 saturated carbocycles. The lowest BCUT2D eigenvalue weighted by atomic mass is 9.88. The minimum atomic E-state index is -0.794. The molecule has 0 aromatic heterocycles. The first kappa shape index (κ1) is 14.3. The zero-order valence-electron chi connectivity index (χ0n) is 10.7. The molecule has 0 spiro atoms. The molecule has 1 heterocycles. The molecule has 0 radical (unpaired) electrons. The zero-order chi connectivity index (χ0) is 13.9. The van der Waals surface area contributed by atoms with E-state index in [4.69, 9.17) is 9.84 Å². The van der Waals surface area contributed by atoms with Gasteiger partial charge in [-0.3, -0.25) is 4.79 Å². The Balaban J connectivity index is 2.22. The summed E-state index contributed by atoms with van der Waals surface area (Å²) < 4.78 is 6.15. The molecule has 0 atom stereocenters. The van der Waals surface area contributed by atoms with Crippen molar-refractivity contribution in [1.29, 1.82) is 0 Å². The summed E-state index contributed by atoms with van der Waals surface area (Å²) in [4.78, 5) is 11.0. The number of rotatable bonds is 6. The van der Waals surface area contributed by atoms with Crippen LogP contribution in [0.25, 0.3) is 0 Å². The molecule has 1 aromatic carbocycles. The van der Waals surface area contributed by atoms with Gasteiger partial charge in [-0.1, -0.05) is 22.0 Å². The fourth-order valence-electron chi connectivity index (χ4n) is 2.23. The summed E-state index contributed by atoms with van der Waals surface area (Å²) in [7, 11) is 1.64. The van der Waals surface area contributed by atoms with Crippen LogP contribution in [0.3, 0.4) is 0 Å². The lowest BCUT2D eigenvalue weighted by molar-refractivity contribution is -0.138. The van der Waals surface area contributed by atoms with Crippen molar-refractivity contribution in [1.82, 2.24) is 5.32 Å². The highest BCUT2D eigenvalue weighted by atomic mass is 79.9. The highest BCUT2D eigenvalue weighted by Crippen LogP contribution is 2.30. The van der Waals surface area contributed by atoms with E-state index in [-0.39, 0.29) is 6.42 Å². The summed E-state index contributed by atoms with van der Waals surface area (Å²) in [5.41, 5.74) is 1.51. The quantitative estimate of drug-likeness (QED) is 0.743. The number of benzene rings is 1. The summed E-state index contributed by atoms with van der Waals surface area (Å²) in [6.45, 7) is 1.77. The number of hydrogen-bond donors (Lipinski definition) is 3. The molecule has 1 aromatic rings. The smallest absolute Gasteiger partial charge is 0.305 e. The Morgan fingerprint density at radius 3 is 2.84 bits per heavy atom. The van der Waals surface area contributed by atoms with Crippen LogP contribution in [0.15, 0.2) is 22.7 Å². The normalized spacial score (nSPS) is 16.7. The van der Waals surface area contributed by atoms with Crippen molar-refractivity contribution in [3.05, 3.63) is 28.2 Å². The van der Waals surface area contributed by atoms with E-state index >= 15 is 0 Å². The number of hydrogen-bond acceptors (Lipinski definition) is 4. The fourth-order valence-corrected chi connectivity index (χ4v) is 2.71. The van der Waals surface area contributed by atoms with Crippen LogP contribution in [-0.2, 0) is 16.1 Å². The Morgan fingerprint density at radius 1 is 1.58 bits per heavy atom. The molecule has 0 unspecified atom stereocenters. The molecule has 3 N–H and O–H groups in total. The molecule has 6 heteroatoms. The predicted octanol–water partition coefficient (Wildman–Crippen LogP) is 1.82. The molecule has 1 aliphatic heterocycles. The molecule has 0 amide bonds. The van der Waals surface area contributed by atoms with Crippen molar-refractivity contribution < 1.29 is 14.6 Å². The van der Waals surface area contributed by atoms with Gasteiger partial charge in [0.25, 0.3) is 0 Å². The largest absolute Gasteiger partial charge is 0.481 e. The lowest BCUT2D eigenvalue weighted by Crippen LogP contribution is -2.65. The van der Waals surface area contributed by atoms with Gasteiger partial charge < -0.3 is 20.5 Å². The predicted molar refractivity (Wildman–Crippen MR) is 76.3 cm³/mol. The number of carboxylic acids is 1. The average Bonchev–Trinajstić information content (AvgIpc) is 2.30. The Bertz CT molecular complexity index is 475. The van der Waals surface area contributed by atoms with Gasteiger partial charge in [-0.15, -0.1) is 0 Å². The van der Waals surface area contributed by atoms with Gasteiger partial charge in [0.2, 0.25) is 0 Å². The Labute approximate surface area is 120 Å². The molecule has 1 saturated heterocycles. The van der Waals surface area contributed by atoms with E-state index in [1.807, 2.05) is 18.2 Å². The molecule has 19 heavy (non-hydrogen) atoms. The molecular weight excluding hydrogens is 312 g/mol. The highest BCUT2D eigenvalue weighted by Gasteiger charge is 2.39. The number of carboxylic acid groups (broad SMARTS) is 1. The Hall–Kier alpha value is -1.11. The van der Waals surface area contributed by atoms with E-state index < -0.39 is 11.5 Å². The average molecular weight is 329 g/mol. The monoisotopic (exact) mass is 328 g/mol. The van der Waals surface area contributed by atoms with Gasteiger partial charge in [0.15, 0.2) is 0 Å². The third-order valence-corrected chi connectivity index (χ3v) is 3.97. The molecule has 5 nitrogen and oxygen atoms in total. The van der Waals surface area contributed by atoms with Gasteiger partial charge in [0.05, 0.1) is 18.6 Å². The molecule has 1 fully saturated rings. The number of aliphatic carboxylic acids is 1. The van der Waals surface area contributed by atoms with E-state index in [2.05, 4.69) is 26.6 Å². The van der Waals surface area contributed by atoms with Gasteiger partial charge in [-0.25, -0.2) is 0 Å². The first-order chi connectivity index (χ1) is 9.06. The SMILES string of the molecule is COCc1c(Br)cccc1NC1(CC(=O)O)CNC1. The number of anilines is 1.